The van der Waals surface area contributed by atoms with E-state index < -0.39 is 0 Å². The number of morpholine rings is 1. The van der Waals surface area contributed by atoms with Crippen molar-refractivity contribution >= 4 is 11.4 Å². The van der Waals surface area contributed by atoms with E-state index in [0.29, 0.717) is 6.04 Å². The Morgan fingerprint density at radius 1 is 1.12 bits per heavy atom. The predicted octanol–water partition coefficient (Wildman–Crippen LogP) is 3.85. The van der Waals surface area contributed by atoms with Gasteiger partial charge in [-0.15, -0.1) is 0 Å². The number of nitrogens with zero attached hydrogens (tertiary/aromatic N) is 1. The fourth-order valence-corrected chi connectivity index (χ4v) is 3.51. The van der Waals surface area contributed by atoms with Crippen molar-refractivity contribution in [2.24, 2.45) is 5.73 Å². The third-order valence-electron chi connectivity index (χ3n) is 5.12. The van der Waals surface area contributed by atoms with E-state index in [1.165, 1.54) is 35.3 Å². The molecule has 4 heteroatoms. The standard InChI is InChI=1S/C20H35N3O/c1-14-12-20(23-13-16(3)24-18(5)17(23)4)15(2)11-19(14)22-10-8-6-7-9-21/h11-12,16-18,22H,6-10,13,21H2,1-5H3. The minimum atomic E-state index is 0.258. The number of ether oxygens (including phenoxy) is 1. The van der Waals surface area contributed by atoms with Crippen LogP contribution in [0.15, 0.2) is 12.1 Å². The highest BCUT2D eigenvalue weighted by Gasteiger charge is 2.30. The lowest BCUT2D eigenvalue weighted by Gasteiger charge is -2.43. The third-order valence-corrected chi connectivity index (χ3v) is 5.12. The van der Waals surface area contributed by atoms with Crippen LogP contribution in [0.2, 0.25) is 0 Å². The van der Waals surface area contributed by atoms with Gasteiger partial charge in [-0.25, -0.2) is 0 Å². The number of hydrogen-bond donors (Lipinski definition) is 2. The smallest absolute Gasteiger partial charge is 0.0751 e. The molecule has 0 bridgehead atoms. The Balaban J connectivity index is 2.08. The number of aryl methyl sites for hydroxylation is 2. The lowest BCUT2D eigenvalue weighted by molar-refractivity contribution is -0.0258. The van der Waals surface area contributed by atoms with Gasteiger partial charge >= 0.3 is 0 Å². The van der Waals surface area contributed by atoms with E-state index in [0.717, 1.165) is 26.1 Å². The van der Waals surface area contributed by atoms with E-state index in [1.54, 1.807) is 0 Å². The first kappa shape index (κ1) is 19.1. The predicted molar refractivity (Wildman–Crippen MR) is 104 cm³/mol. The van der Waals surface area contributed by atoms with Gasteiger partial charge < -0.3 is 20.7 Å². The van der Waals surface area contributed by atoms with Crippen LogP contribution in [0.3, 0.4) is 0 Å². The molecule has 2 rings (SSSR count). The minimum absolute atomic E-state index is 0.258. The highest BCUT2D eigenvalue weighted by molar-refractivity contribution is 5.65. The summed E-state index contributed by atoms with van der Waals surface area (Å²) in [7, 11) is 0. The first-order valence-corrected chi connectivity index (χ1v) is 9.41. The first-order chi connectivity index (χ1) is 11.4. The van der Waals surface area contributed by atoms with Gasteiger partial charge in [-0.3, -0.25) is 0 Å². The van der Waals surface area contributed by atoms with Crippen LogP contribution in [0.4, 0.5) is 11.4 Å². The SMILES string of the molecule is Cc1cc(N2CC(C)OC(C)C2C)c(C)cc1NCCCCCN. The van der Waals surface area contributed by atoms with Gasteiger partial charge in [-0.05, 0) is 77.3 Å². The molecule has 1 heterocycles. The Morgan fingerprint density at radius 2 is 1.88 bits per heavy atom. The lowest BCUT2D eigenvalue weighted by atomic mass is 10.0. The molecule has 0 aromatic heterocycles. The summed E-state index contributed by atoms with van der Waals surface area (Å²) in [4.78, 5) is 2.51. The molecule has 1 saturated heterocycles. The zero-order valence-electron chi connectivity index (χ0n) is 16.1. The molecular weight excluding hydrogens is 298 g/mol. The molecule has 1 fully saturated rings. The van der Waals surface area contributed by atoms with Crippen molar-refractivity contribution in [1.29, 1.82) is 0 Å². The van der Waals surface area contributed by atoms with Crippen molar-refractivity contribution in [3.8, 4) is 0 Å². The highest BCUT2D eigenvalue weighted by Crippen LogP contribution is 2.32. The average Bonchev–Trinajstić information content (AvgIpc) is 2.53. The Hall–Kier alpha value is -1.26. The number of nitrogens with one attached hydrogen (secondary N) is 1. The number of anilines is 2. The molecule has 0 amide bonds. The van der Waals surface area contributed by atoms with E-state index >= 15 is 0 Å². The van der Waals surface area contributed by atoms with Gasteiger partial charge in [0.15, 0.2) is 0 Å². The molecule has 1 aliphatic heterocycles. The van der Waals surface area contributed by atoms with E-state index in [4.69, 9.17) is 10.5 Å². The molecule has 1 aromatic rings. The van der Waals surface area contributed by atoms with Crippen LogP contribution in [0.25, 0.3) is 0 Å². The minimum Gasteiger partial charge on any atom is -0.385 e. The normalized spacial score (nSPS) is 24.2. The molecule has 3 N–H and O–H groups in total. The summed E-state index contributed by atoms with van der Waals surface area (Å²) in [5, 5.41) is 3.59. The van der Waals surface area contributed by atoms with Gasteiger partial charge in [0.05, 0.1) is 18.2 Å². The molecule has 0 aliphatic carbocycles. The Labute approximate surface area is 147 Å². The number of nitrogens with two attached hydrogens (primary N) is 1. The quantitative estimate of drug-likeness (QED) is 0.744. The van der Waals surface area contributed by atoms with Crippen LogP contribution < -0.4 is 16.0 Å². The fraction of sp³-hybridized carbons (Fsp3) is 0.700. The second-order valence-corrected chi connectivity index (χ2v) is 7.27. The molecule has 136 valence electrons. The van der Waals surface area contributed by atoms with Crippen molar-refractivity contribution in [3.05, 3.63) is 23.3 Å². The van der Waals surface area contributed by atoms with Gasteiger partial charge in [0.25, 0.3) is 0 Å². The fourth-order valence-electron chi connectivity index (χ4n) is 3.51. The van der Waals surface area contributed by atoms with Gasteiger partial charge in [0, 0.05) is 24.5 Å². The number of hydrogen-bond acceptors (Lipinski definition) is 4. The first-order valence-electron chi connectivity index (χ1n) is 9.41. The average molecular weight is 334 g/mol. The number of benzene rings is 1. The molecule has 3 atom stereocenters. The van der Waals surface area contributed by atoms with Crippen LogP contribution in [0, 0.1) is 13.8 Å². The second-order valence-electron chi connectivity index (χ2n) is 7.27. The monoisotopic (exact) mass is 333 g/mol. The maximum atomic E-state index is 5.97. The number of unbranched alkanes of at least 4 members (excludes halogenated alkanes) is 2. The summed E-state index contributed by atoms with van der Waals surface area (Å²) in [5.74, 6) is 0. The van der Waals surface area contributed by atoms with Crippen LogP contribution in [-0.2, 0) is 4.74 Å². The van der Waals surface area contributed by atoms with Crippen molar-refractivity contribution in [1.82, 2.24) is 0 Å². The van der Waals surface area contributed by atoms with Crippen molar-refractivity contribution in [2.75, 3.05) is 29.9 Å². The van der Waals surface area contributed by atoms with E-state index in [2.05, 4.69) is 57.0 Å². The summed E-state index contributed by atoms with van der Waals surface area (Å²) in [5.41, 5.74) is 10.8. The van der Waals surface area contributed by atoms with E-state index in [1.807, 2.05) is 0 Å². The second kappa shape index (κ2) is 8.72. The third kappa shape index (κ3) is 4.64. The van der Waals surface area contributed by atoms with Crippen molar-refractivity contribution < 1.29 is 4.74 Å². The molecule has 0 spiro atoms. The molecule has 1 aromatic carbocycles. The van der Waals surface area contributed by atoms with Crippen LogP contribution in [0.5, 0.6) is 0 Å². The molecule has 4 nitrogen and oxygen atoms in total. The van der Waals surface area contributed by atoms with Gasteiger partial charge in [-0.2, -0.15) is 0 Å². The molecule has 0 radical (unpaired) electrons. The van der Waals surface area contributed by atoms with E-state index in [9.17, 15) is 0 Å². The summed E-state index contributed by atoms with van der Waals surface area (Å²) < 4.78 is 5.97. The van der Waals surface area contributed by atoms with Crippen LogP contribution in [0.1, 0.15) is 51.2 Å². The van der Waals surface area contributed by atoms with Crippen molar-refractivity contribution in [2.45, 2.75) is 72.1 Å². The molecule has 0 saturated carbocycles. The number of rotatable bonds is 7. The highest BCUT2D eigenvalue weighted by atomic mass is 16.5. The molecule has 1 aliphatic rings. The summed E-state index contributed by atoms with van der Waals surface area (Å²) in [6, 6.07) is 5.03. The Bertz CT molecular complexity index is 532. The van der Waals surface area contributed by atoms with Crippen molar-refractivity contribution in [3.63, 3.8) is 0 Å². The maximum absolute atomic E-state index is 5.97. The van der Waals surface area contributed by atoms with Crippen LogP contribution in [-0.4, -0.2) is 37.9 Å². The van der Waals surface area contributed by atoms with Gasteiger partial charge in [-0.1, -0.05) is 6.42 Å². The maximum Gasteiger partial charge on any atom is 0.0751 e. The van der Waals surface area contributed by atoms with E-state index in [-0.39, 0.29) is 12.2 Å². The lowest BCUT2D eigenvalue weighted by Crippen LogP contribution is -2.52. The molecule has 24 heavy (non-hydrogen) atoms. The van der Waals surface area contributed by atoms with Gasteiger partial charge in [0.2, 0.25) is 0 Å². The topological polar surface area (TPSA) is 50.5 Å². The van der Waals surface area contributed by atoms with Gasteiger partial charge in [0.1, 0.15) is 0 Å². The summed E-state index contributed by atoms with van der Waals surface area (Å²) in [6.07, 6.45) is 4.02. The largest absolute Gasteiger partial charge is 0.385 e. The summed E-state index contributed by atoms with van der Waals surface area (Å²) >= 11 is 0. The zero-order chi connectivity index (χ0) is 17.7. The Kier molecular flexibility index (Phi) is 6.93. The zero-order valence-corrected chi connectivity index (χ0v) is 16.1. The summed E-state index contributed by atoms with van der Waals surface area (Å²) in [6.45, 7) is 13.8. The van der Waals surface area contributed by atoms with Crippen LogP contribution >= 0.6 is 0 Å². The molecule has 3 unspecified atom stereocenters. The molecular formula is C20H35N3O. The Morgan fingerprint density at radius 3 is 2.58 bits per heavy atom.